The van der Waals surface area contributed by atoms with E-state index in [0.717, 1.165) is 18.8 Å². The van der Waals surface area contributed by atoms with E-state index in [2.05, 4.69) is 61.1 Å². The first kappa shape index (κ1) is 20.0. The van der Waals surface area contributed by atoms with Crippen molar-refractivity contribution in [3.05, 3.63) is 65.7 Å². The van der Waals surface area contributed by atoms with Crippen LogP contribution in [0.15, 0.2) is 54.6 Å². The van der Waals surface area contributed by atoms with Crippen molar-refractivity contribution in [2.75, 3.05) is 25.0 Å². The third kappa shape index (κ3) is 5.88. The molecule has 4 nitrogen and oxygen atoms in total. The number of anilines is 1. The smallest absolute Gasteiger partial charge is 0.239 e. The number of amides is 1. The second-order valence-electron chi connectivity index (χ2n) is 6.90. The standard InChI is InChI=1S/C22H31N3O/c1-5-25(21-13-7-6-8-14-21)17-22(26)23-15-19-11-9-10-12-20(19)16-24(4)18(2)3/h6-14,18H,5,15-17H2,1-4H3,(H,23,26). The number of nitrogens with zero attached hydrogens (tertiary/aromatic N) is 2. The van der Waals surface area contributed by atoms with Crippen LogP contribution in [0.25, 0.3) is 0 Å². The highest BCUT2D eigenvalue weighted by Gasteiger charge is 2.11. The zero-order valence-corrected chi connectivity index (χ0v) is 16.4. The summed E-state index contributed by atoms with van der Waals surface area (Å²) in [7, 11) is 2.12. The Bertz CT molecular complexity index is 685. The van der Waals surface area contributed by atoms with Crippen LogP contribution in [0.2, 0.25) is 0 Å². The van der Waals surface area contributed by atoms with E-state index in [4.69, 9.17) is 0 Å². The quantitative estimate of drug-likeness (QED) is 0.747. The minimum Gasteiger partial charge on any atom is -0.363 e. The SMILES string of the molecule is CCN(CC(=O)NCc1ccccc1CN(C)C(C)C)c1ccccc1. The zero-order chi connectivity index (χ0) is 18.9. The molecule has 0 saturated carbocycles. The molecule has 1 N–H and O–H groups in total. The van der Waals surface area contributed by atoms with Crippen molar-refractivity contribution in [1.29, 1.82) is 0 Å². The van der Waals surface area contributed by atoms with E-state index in [1.807, 2.05) is 36.4 Å². The normalized spacial score (nSPS) is 11.0. The first-order valence-corrected chi connectivity index (χ1v) is 9.35. The van der Waals surface area contributed by atoms with Gasteiger partial charge >= 0.3 is 0 Å². The van der Waals surface area contributed by atoms with Gasteiger partial charge in [-0.15, -0.1) is 0 Å². The van der Waals surface area contributed by atoms with Crippen molar-refractivity contribution in [3.8, 4) is 0 Å². The molecule has 0 spiro atoms. The van der Waals surface area contributed by atoms with E-state index in [-0.39, 0.29) is 5.91 Å². The lowest BCUT2D eigenvalue weighted by Gasteiger charge is -2.24. The molecule has 4 heteroatoms. The summed E-state index contributed by atoms with van der Waals surface area (Å²) >= 11 is 0. The molecule has 140 valence electrons. The van der Waals surface area contributed by atoms with E-state index in [1.54, 1.807) is 0 Å². The zero-order valence-electron chi connectivity index (χ0n) is 16.4. The Morgan fingerprint density at radius 1 is 1.00 bits per heavy atom. The van der Waals surface area contributed by atoms with Gasteiger partial charge in [-0.25, -0.2) is 0 Å². The van der Waals surface area contributed by atoms with Crippen LogP contribution in [-0.2, 0) is 17.9 Å². The molecule has 0 unspecified atom stereocenters. The first-order chi connectivity index (χ1) is 12.5. The molecule has 0 atom stereocenters. The Morgan fingerprint density at radius 3 is 2.23 bits per heavy atom. The summed E-state index contributed by atoms with van der Waals surface area (Å²) < 4.78 is 0. The maximum atomic E-state index is 12.4. The Kier molecular flexibility index (Phi) is 7.67. The van der Waals surface area contributed by atoms with Gasteiger partial charge in [0.2, 0.25) is 5.91 Å². The molecular weight excluding hydrogens is 322 g/mol. The number of likely N-dealkylation sites (N-methyl/N-ethyl adjacent to an activating group) is 1. The molecule has 0 bridgehead atoms. The number of carbonyl (C=O) groups excluding carboxylic acids is 1. The summed E-state index contributed by atoms with van der Waals surface area (Å²) in [6, 6.07) is 18.9. The molecule has 2 rings (SSSR count). The summed E-state index contributed by atoms with van der Waals surface area (Å²) in [5.74, 6) is 0.0442. The Labute approximate surface area is 157 Å². The van der Waals surface area contributed by atoms with Crippen LogP contribution in [0, 0.1) is 0 Å². The molecule has 0 aliphatic heterocycles. The lowest BCUT2D eigenvalue weighted by molar-refractivity contribution is -0.119. The number of hydrogen-bond acceptors (Lipinski definition) is 3. The maximum absolute atomic E-state index is 12.4. The molecule has 0 saturated heterocycles. The van der Waals surface area contributed by atoms with Crippen LogP contribution in [0.3, 0.4) is 0 Å². The minimum absolute atomic E-state index is 0.0442. The number of rotatable bonds is 9. The summed E-state index contributed by atoms with van der Waals surface area (Å²) in [6.45, 7) is 9.06. The fourth-order valence-electron chi connectivity index (χ4n) is 2.78. The second kappa shape index (κ2) is 9.97. The molecular formula is C22H31N3O. The number of hydrogen-bond donors (Lipinski definition) is 1. The van der Waals surface area contributed by atoms with Gasteiger partial charge in [-0.1, -0.05) is 42.5 Å². The van der Waals surface area contributed by atoms with E-state index in [1.165, 1.54) is 11.1 Å². The first-order valence-electron chi connectivity index (χ1n) is 9.35. The molecule has 0 heterocycles. The van der Waals surface area contributed by atoms with Gasteiger partial charge in [0.05, 0.1) is 6.54 Å². The number of carbonyl (C=O) groups is 1. The molecule has 0 radical (unpaired) electrons. The summed E-state index contributed by atoms with van der Waals surface area (Å²) in [5, 5.41) is 3.08. The largest absolute Gasteiger partial charge is 0.363 e. The van der Waals surface area contributed by atoms with Crippen LogP contribution in [0.5, 0.6) is 0 Å². The predicted octanol–water partition coefficient (Wildman–Crippen LogP) is 3.67. The summed E-state index contributed by atoms with van der Waals surface area (Å²) in [6.07, 6.45) is 0. The third-order valence-corrected chi connectivity index (χ3v) is 4.73. The topological polar surface area (TPSA) is 35.6 Å². The second-order valence-corrected chi connectivity index (χ2v) is 6.90. The van der Waals surface area contributed by atoms with Crippen molar-refractivity contribution in [2.45, 2.75) is 39.9 Å². The molecule has 0 aliphatic rings. The van der Waals surface area contributed by atoms with E-state index >= 15 is 0 Å². The van der Waals surface area contributed by atoms with E-state index in [9.17, 15) is 4.79 Å². The summed E-state index contributed by atoms with van der Waals surface area (Å²) in [4.78, 5) is 16.8. The van der Waals surface area contributed by atoms with Crippen molar-refractivity contribution < 1.29 is 4.79 Å². The van der Waals surface area contributed by atoms with Crippen molar-refractivity contribution in [3.63, 3.8) is 0 Å². The number of nitrogens with one attached hydrogen (secondary N) is 1. The molecule has 26 heavy (non-hydrogen) atoms. The highest BCUT2D eigenvalue weighted by Crippen LogP contribution is 2.14. The third-order valence-electron chi connectivity index (χ3n) is 4.73. The van der Waals surface area contributed by atoms with Crippen molar-refractivity contribution in [1.82, 2.24) is 10.2 Å². The molecule has 2 aromatic carbocycles. The van der Waals surface area contributed by atoms with Gasteiger partial charge in [0.25, 0.3) is 0 Å². The highest BCUT2D eigenvalue weighted by atomic mass is 16.2. The number of para-hydroxylation sites is 1. The van der Waals surface area contributed by atoms with Gasteiger partial charge in [0.1, 0.15) is 0 Å². The molecule has 1 amide bonds. The number of benzene rings is 2. The fourth-order valence-corrected chi connectivity index (χ4v) is 2.78. The Hall–Kier alpha value is -2.33. The van der Waals surface area contributed by atoms with Crippen LogP contribution >= 0.6 is 0 Å². The van der Waals surface area contributed by atoms with Crippen molar-refractivity contribution >= 4 is 11.6 Å². The van der Waals surface area contributed by atoms with E-state index < -0.39 is 0 Å². The fraction of sp³-hybridized carbons (Fsp3) is 0.409. The molecule has 0 fully saturated rings. The lowest BCUT2D eigenvalue weighted by Crippen LogP contribution is -2.37. The highest BCUT2D eigenvalue weighted by molar-refractivity contribution is 5.81. The molecule has 2 aromatic rings. The average Bonchev–Trinajstić information content (AvgIpc) is 2.66. The van der Waals surface area contributed by atoms with Gasteiger partial charge < -0.3 is 10.2 Å². The van der Waals surface area contributed by atoms with Gasteiger partial charge in [-0.05, 0) is 51.1 Å². The predicted molar refractivity (Wildman–Crippen MR) is 109 cm³/mol. The summed E-state index contributed by atoms with van der Waals surface area (Å²) in [5.41, 5.74) is 3.51. The van der Waals surface area contributed by atoms with Crippen molar-refractivity contribution in [2.24, 2.45) is 0 Å². The van der Waals surface area contributed by atoms with Crippen LogP contribution in [-0.4, -0.2) is 37.0 Å². The maximum Gasteiger partial charge on any atom is 0.239 e. The van der Waals surface area contributed by atoms with Crippen LogP contribution < -0.4 is 10.2 Å². The molecule has 0 aromatic heterocycles. The monoisotopic (exact) mass is 353 g/mol. The van der Waals surface area contributed by atoms with Gasteiger partial charge in [0, 0.05) is 31.4 Å². The van der Waals surface area contributed by atoms with Crippen LogP contribution in [0.4, 0.5) is 5.69 Å². The van der Waals surface area contributed by atoms with Gasteiger partial charge in [-0.2, -0.15) is 0 Å². The Balaban J connectivity index is 1.95. The lowest BCUT2D eigenvalue weighted by atomic mass is 10.1. The van der Waals surface area contributed by atoms with Crippen LogP contribution in [0.1, 0.15) is 31.9 Å². The van der Waals surface area contributed by atoms with Gasteiger partial charge in [0.15, 0.2) is 0 Å². The van der Waals surface area contributed by atoms with E-state index in [0.29, 0.717) is 19.1 Å². The van der Waals surface area contributed by atoms with Gasteiger partial charge in [-0.3, -0.25) is 9.69 Å². The minimum atomic E-state index is 0.0442. The molecule has 0 aliphatic carbocycles. The Morgan fingerprint density at radius 2 is 1.62 bits per heavy atom. The average molecular weight is 354 g/mol.